The predicted octanol–water partition coefficient (Wildman–Crippen LogP) is 4.16. The number of aromatic nitrogens is 2. The highest BCUT2D eigenvalue weighted by Gasteiger charge is 2.20. The van der Waals surface area contributed by atoms with Crippen LogP contribution in [0, 0.1) is 11.3 Å². The highest BCUT2D eigenvalue weighted by atomic mass is 35.5. The number of carbonyl (C=O) groups is 1. The summed E-state index contributed by atoms with van der Waals surface area (Å²) in [6.07, 6.45) is 3.56. The number of amides is 1. The maximum absolute atomic E-state index is 11.8. The fraction of sp³-hybridized carbons (Fsp3) is 0.136. The van der Waals surface area contributed by atoms with Crippen LogP contribution in [0.2, 0.25) is 5.02 Å². The van der Waals surface area contributed by atoms with Gasteiger partial charge in [0.2, 0.25) is 0 Å². The lowest BCUT2D eigenvalue weighted by atomic mass is 9.98. The molecule has 0 saturated carbocycles. The highest BCUT2D eigenvalue weighted by molar-refractivity contribution is 6.31. The van der Waals surface area contributed by atoms with Crippen molar-refractivity contribution in [2.45, 2.75) is 19.3 Å². The molecule has 0 atom stereocenters. The zero-order chi connectivity index (χ0) is 20.4. The van der Waals surface area contributed by atoms with Crippen LogP contribution in [0.15, 0.2) is 53.2 Å². The third-order valence-corrected chi connectivity index (χ3v) is 5.13. The Morgan fingerprint density at radius 3 is 2.90 bits per heavy atom. The monoisotopic (exact) mass is 404 g/mol. The number of primary amides is 1. The Hall–Kier alpha value is -3.56. The van der Waals surface area contributed by atoms with Crippen molar-refractivity contribution in [1.82, 2.24) is 10.1 Å². The topological polar surface area (TPSA) is 109 Å². The average molecular weight is 405 g/mol. The average Bonchev–Trinajstić information content (AvgIpc) is 3.30. The minimum atomic E-state index is -0.622. The van der Waals surface area contributed by atoms with Crippen LogP contribution in [0.1, 0.15) is 38.5 Å². The third kappa shape index (κ3) is 3.86. The lowest BCUT2D eigenvalue weighted by molar-refractivity contribution is 0.0991. The summed E-state index contributed by atoms with van der Waals surface area (Å²) in [7, 11) is 0. The van der Waals surface area contributed by atoms with E-state index in [1.807, 2.05) is 36.5 Å². The zero-order valence-electron chi connectivity index (χ0n) is 15.4. The molecule has 0 spiro atoms. The van der Waals surface area contributed by atoms with Gasteiger partial charge in [-0.2, -0.15) is 5.26 Å². The molecular weight excluding hydrogens is 388 g/mol. The number of H-pyrrole nitrogens is 1. The van der Waals surface area contributed by atoms with E-state index in [1.54, 1.807) is 12.1 Å². The van der Waals surface area contributed by atoms with Crippen LogP contribution in [0.4, 0.5) is 0 Å². The maximum atomic E-state index is 11.8. The van der Waals surface area contributed by atoms with Crippen molar-refractivity contribution in [3.63, 3.8) is 0 Å². The lowest BCUT2D eigenvalue weighted by Crippen LogP contribution is -2.14. The van der Waals surface area contributed by atoms with Gasteiger partial charge in [-0.05, 0) is 54.3 Å². The molecule has 0 fully saturated rings. The van der Waals surface area contributed by atoms with E-state index in [2.05, 4.69) is 16.2 Å². The van der Waals surface area contributed by atoms with Gasteiger partial charge in [-0.1, -0.05) is 28.9 Å². The Balaban J connectivity index is 1.63. The van der Waals surface area contributed by atoms with Crippen LogP contribution in [-0.4, -0.2) is 16.0 Å². The van der Waals surface area contributed by atoms with E-state index in [0.717, 1.165) is 22.0 Å². The Morgan fingerprint density at radius 2 is 2.10 bits per heavy atom. The van der Waals surface area contributed by atoms with Gasteiger partial charge in [0.05, 0.1) is 11.6 Å². The molecule has 3 N–H and O–H groups in total. The van der Waals surface area contributed by atoms with E-state index in [9.17, 15) is 4.79 Å². The van der Waals surface area contributed by atoms with Gasteiger partial charge in [0, 0.05) is 34.1 Å². The number of aryl methyl sites for hydroxylation is 1. The second-order valence-corrected chi connectivity index (χ2v) is 7.23. The number of nitrogens with zero attached hydrogens (tertiary/aromatic N) is 2. The molecule has 4 aromatic rings. The number of rotatable bonds is 6. The third-order valence-electron chi connectivity index (χ3n) is 4.90. The number of halogens is 1. The number of hydrogen-bond acceptors (Lipinski definition) is 4. The molecule has 2 aromatic heterocycles. The summed E-state index contributed by atoms with van der Waals surface area (Å²) in [5.74, 6) is -0.0467. The van der Waals surface area contributed by atoms with E-state index >= 15 is 0 Å². The Morgan fingerprint density at radius 1 is 1.24 bits per heavy atom. The second-order valence-electron chi connectivity index (χ2n) is 6.79. The number of fused-ring (bicyclic) bond motifs is 1. The fourth-order valence-electron chi connectivity index (χ4n) is 3.49. The zero-order valence-corrected chi connectivity index (χ0v) is 16.2. The van der Waals surface area contributed by atoms with Crippen molar-refractivity contribution in [1.29, 1.82) is 5.26 Å². The van der Waals surface area contributed by atoms with Crippen LogP contribution in [-0.2, 0) is 19.3 Å². The first-order chi connectivity index (χ1) is 14.0. The van der Waals surface area contributed by atoms with E-state index in [4.69, 9.17) is 27.1 Å². The van der Waals surface area contributed by atoms with E-state index in [1.165, 1.54) is 0 Å². The fourth-order valence-corrected chi connectivity index (χ4v) is 3.66. The van der Waals surface area contributed by atoms with E-state index in [0.29, 0.717) is 41.2 Å². The Bertz CT molecular complexity index is 1250. The van der Waals surface area contributed by atoms with Crippen molar-refractivity contribution in [2.75, 3.05) is 0 Å². The smallest absolute Gasteiger partial charge is 0.271 e. The molecule has 4 rings (SSSR count). The standard InChI is InChI=1S/C22H17ClN4O2/c23-16-5-7-19-18(10-16)15(12-26-19)4-6-17-20(29-27-21(17)22(25)28)9-13-2-1-3-14(8-13)11-24/h1-3,5,7-8,10,12,26H,4,6,9H2,(H2,25,28). The van der Waals surface area contributed by atoms with Crippen LogP contribution >= 0.6 is 11.6 Å². The molecule has 1 amide bonds. The van der Waals surface area contributed by atoms with Crippen molar-refractivity contribution >= 4 is 28.4 Å². The molecule has 2 heterocycles. The van der Waals surface area contributed by atoms with Crippen molar-refractivity contribution in [2.24, 2.45) is 5.73 Å². The van der Waals surface area contributed by atoms with Gasteiger partial charge in [0.1, 0.15) is 5.76 Å². The molecule has 6 nitrogen and oxygen atoms in total. The number of nitriles is 1. The van der Waals surface area contributed by atoms with Crippen LogP contribution in [0.25, 0.3) is 10.9 Å². The van der Waals surface area contributed by atoms with Gasteiger partial charge in [0.15, 0.2) is 5.69 Å². The van der Waals surface area contributed by atoms with Crippen LogP contribution in [0.5, 0.6) is 0 Å². The van der Waals surface area contributed by atoms with Gasteiger partial charge in [-0.3, -0.25) is 4.79 Å². The first-order valence-corrected chi connectivity index (χ1v) is 9.44. The molecule has 29 heavy (non-hydrogen) atoms. The summed E-state index contributed by atoms with van der Waals surface area (Å²) in [4.78, 5) is 15.1. The van der Waals surface area contributed by atoms with Gasteiger partial charge in [0.25, 0.3) is 5.91 Å². The lowest BCUT2D eigenvalue weighted by Gasteiger charge is -2.04. The summed E-state index contributed by atoms with van der Waals surface area (Å²) >= 11 is 6.13. The number of carbonyl (C=O) groups excluding carboxylic acids is 1. The molecule has 0 bridgehead atoms. The van der Waals surface area contributed by atoms with Crippen molar-refractivity contribution < 1.29 is 9.32 Å². The summed E-state index contributed by atoms with van der Waals surface area (Å²) in [6.45, 7) is 0. The minimum absolute atomic E-state index is 0.148. The Labute approximate surface area is 171 Å². The first-order valence-electron chi connectivity index (χ1n) is 9.07. The van der Waals surface area contributed by atoms with Gasteiger partial charge in [-0.25, -0.2) is 0 Å². The minimum Gasteiger partial charge on any atom is -0.364 e. The van der Waals surface area contributed by atoms with Crippen molar-refractivity contribution in [3.8, 4) is 6.07 Å². The molecule has 0 aliphatic rings. The van der Waals surface area contributed by atoms with E-state index in [-0.39, 0.29) is 5.69 Å². The van der Waals surface area contributed by atoms with Crippen LogP contribution in [0.3, 0.4) is 0 Å². The van der Waals surface area contributed by atoms with Gasteiger partial charge in [-0.15, -0.1) is 0 Å². The van der Waals surface area contributed by atoms with Gasteiger partial charge < -0.3 is 15.2 Å². The van der Waals surface area contributed by atoms with Crippen molar-refractivity contribution in [3.05, 3.63) is 87.4 Å². The molecule has 144 valence electrons. The number of hydrogen-bond donors (Lipinski definition) is 2. The second kappa shape index (κ2) is 7.82. The summed E-state index contributed by atoms with van der Waals surface area (Å²) in [5.41, 5.74) is 9.88. The quantitative estimate of drug-likeness (QED) is 0.503. The van der Waals surface area contributed by atoms with Crippen LogP contribution < -0.4 is 5.73 Å². The summed E-state index contributed by atoms with van der Waals surface area (Å²) in [6, 6.07) is 15.1. The number of nitrogens with one attached hydrogen (secondary N) is 1. The number of nitrogens with two attached hydrogens (primary N) is 1. The summed E-state index contributed by atoms with van der Waals surface area (Å²) < 4.78 is 5.45. The SMILES string of the molecule is N#Cc1cccc(Cc2onc(C(N)=O)c2CCc2c[nH]c3ccc(Cl)cc23)c1. The van der Waals surface area contributed by atoms with E-state index < -0.39 is 5.91 Å². The largest absolute Gasteiger partial charge is 0.364 e. The molecule has 2 aromatic carbocycles. The maximum Gasteiger partial charge on any atom is 0.271 e. The normalized spacial score (nSPS) is 10.9. The Kier molecular flexibility index (Phi) is 5.07. The first kappa shape index (κ1) is 18.8. The molecule has 0 aliphatic carbocycles. The van der Waals surface area contributed by atoms with Gasteiger partial charge >= 0.3 is 0 Å². The highest BCUT2D eigenvalue weighted by Crippen LogP contribution is 2.26. The predicted molar refractivity (Wildman–Crippen MR) is 110 cm³/mol. The molecule has 0 aliphatic heterocycles. The number of aromatic amines is 1. The summed E-state index contributed by atoms with van der Waals surface area (Å²) in [5, 5.41) is 14.7. The number of benzene rings is 2. The molecule has 0 unspecified atom stereocenters. The molecule has 0 radical (unpaired) electrons. The molecule has 0 saturated heterocycles. The molecule has 7 heteroatoms. The molecular formula is C22H17ClN4O2.